The van der Waals surface area contributed by atoms with Gasteiger partial charge in [-0.05, 0) is 34.1 Å². The molecule has 1 aromatic rings. The highest BCUT2D eigenvalue weighted by atomic mass is 16.6. The van der Waals surface area contributed by atoms with E-state index in [-0.39, 0.29) is 12.2 Å². The summed E-state index contributed by atoms with van der Waals surface area (Å²) in [5.41, 5.74) is 1.58. The third kappa shape index (κ3) is 5.41. The molecule has 1 saturated heterocycles. The van der Waals surface area contributed by atoms with Gasteiger partial charge in [0.15, 0.2) is 0 Å². The molecule has 0 bridgehead atoms. The predicted molar refractivity (Wildman–Crippen MR) is 89.8 cm³/mol. The molecule has 1 aromatic heterocycles. The van der Waals surface area contributed by atoms with Gasteiger partial charge in [-0.1, -0.05) is 6.92 Å². The van der Waals surface area contributed by atoms with Crippen LogP contribution in [0, 0.1) is 6.92 Å². The lowest BCUT2D eigenvalue weighted by Crippen LogP contribution is -2.44. The summed E-state index contributed by atoms with van der Waals surface area (Å²) in [5.74, 6) is 0.880. The van der Waals surface area contributed by atoms with Crippen molar-refractivity contribution in [2.24, 2.45) is 0 Å². The van der Waals surface area contributed by atoms with Crippen molar-refractivity contribution in [3.05, 3.63) is 23.5 Å². The van der Waals surface area contributed by atoms with E-state index in [0.29, 0.717) is 13.1 Å². The first-order chi connectivity index (χ1) is 10.8. The lowest BCUT2D eigenvalue weighted by Gasteiger charge is -2.33. The Kier molecular flexibility index (Phi) is 5.50. The summed E-state index contributed by atoms with van der Waals surface area (Å²) < 4.78 is 11.5. The monoisotopic (exact) mass is 320 g/mol. The van der Waals surface area contributed by atoms with Crippen molar-refractivity contribution in [1.82, 2.24) is 9.88 Å². The number of aromatic nitrogens is 1. The summed E-state index contributed by atoms with van der Waals surface area (Å²) >= 11 is 0. The molecular formula is C18H28N2O3. The summed E-state index contributed by atoms with van der Waals surface area (Å²) in [6, 6.07) is 3.98. The standard InChI is InChI=1S/C18H28N2O3/c1-6-14-12-16(11-13(2)19-14)22-15-7-9-20(10-8-15)17(21)23-18(3,4)5/h11-12,15H,6-10H2,1-5H3. The molecule has 0 atom stereocenters. The zero-order chi connectivity index (χ0) is 17.0. The molecule has 0 aliphatic carbocycles. The average molecular weight is 320 g/mol. The number of amides is 1. The minimum atomic E-state index is -0.449. The van der Waals surface area contributed by atoms with Gasteiger partial charge in [-0.25, -0.2) is 4.79 Å². The minimum Gasteiger partial charge on any atom is -0.490 e. The molecule has 1 fully saturated rings. The van der Waals surface area contributed by atoms with Crippen LogP contribution < -0.4 is 4.74 Å². The highest BCUT2D eigenvalue weighted by molar-refractivity contribution is 5.68. The summed E-state index contributed by atoms with van der Waals surface area (Å²) in [6.45, 7) is 11.1. The van der Waals surface area contributed by atoms with E-state index in [1.54, 1.807) is 4.90 Å². The molecule has 0 saturated carbocycles. The van der Waals surface area contributed by atoms with Gasteiger partial charge in [-0.2, -0.15) is 0 Å². The van der Waals surface area contributed by atoms with Gasteiger partial charge in [0.1, 0.15) is 17.5 Å². The normalized spacial score (nSPS) is 16.3. The van der Waals surface area contributed by atoms with E-state index in [9.17, 15) is 4.79 Å². The maximum atomic E-state index is 12.1. The number of likely N-dealkylation sites (tertiary alicyclic amines) is 1. The highest BCUT2D eigenvalue weighted by Gasteiger charge is 2.27. The van der Waals surface area contributed by atoms with Crippen LogP contribution in [0.1, 0.15) is 51.9 Å². The number of hydrogen-bond acceptors (Lipinski definition) is 4. The van der Waals surface area contributed by atoms with Crippen molar-refractivity contribution in [1.29, 1.82) is 0 Å². The van der Waals surface area contributed by atoms with Gasteiger partial charge in [-0.15, -0.1) is 0 Å². The van der Waals surface area contributed by atoms with Gasteiger partial charge in [0, 0.05) is 49.5 Å². The van der Waals surface area contributed by atoms with Gasteiger partial charge in [0.05, 0.1) is 0 Å². The van der Waals surface area contributed by atoms with Crippen LogP contribution in [0.5, 0.6) is 5.75 Å². The Labute approximate surface area is 139 Å². The van der Waals surface area contributed by atoms with Crippen LogP contribution in [-0.4, -0.2) is 40.8 Å². The zero-order valence-electron chi connectivity index (χ0n) is 14.9. The lowest BCUT2D eigenvalue weighted by atomic mass is 10.1. The molecule has 0 spiro atoms. The number of rotatable bonds is 3. The molecule has 5 nitrogen and oxygen atoms in total. The number of carbonyl (C=O) groups is 1. The first kappa shape index (κ1) is 17.6. The summed E-state index contributed by atoms with van der Waals surface area (Å²) in [7, 11) is 0. The number of ether oxygens (including phenoxy) is 2. The largest absolute Gasteiger partial charge is 0.490 e. The van der Waals surface area contributed by atoms with Gasteiger partial charge in [0.25, 0.3) is 0 Å². The Morgan fingerprint density at radius 1 is 1.30 bits per heavy atom. The van der Waals surface area contributed by atoms with Crippen LogP contribution >= 0.6 is 0 Å². The molecule has 0 aromatic carbocycles. The first-order valence-corrected chi connectivity index (χ1v) is 8.39. The number of carbonyl (C=O) groups excluding carboxylic acids is 1. The smallest absolute Gasteiger partial charge is 0.410 e. The van der Waals surface area contributed by atoms with Crippen molar-refractivity contribution in [2.75, 3.05) is 13.1 Å². The van der Waals surface area contributed by atoms with Gasteiger partial charge < -0.3 is 14.4 Å². The number of nitrogens with zero attached hydrogens (tertiary/aromatic N) is 2. The summed E-state index contributed by atoms with van der Waals surface area (Å²) in [4.78, 5) is 18.3. The lowest BCUT2D eigenvalue weighted by molar-refractivity contribution is 0.0126. The zero-order valence-corrected chi connectivity index (χ0v) is 14.9. The van der Waals surface area contributed by atoms with Gasteiger partial charge in [-0.3, -0.25) is 4.98 Å². The van der Waals surface area contributed by atoms with Crippen molar-refractivity contribution < 1.29 is 14.3 Å². The third-order valence-electron chi connectivity index (χ3n) is 3.74. The van der Waals surface area contributed by atoms with Gasteiger partial charge in [0.2, 0.25) is 0 Å². The second kappa shape index (κ2) is 7.20. The molecule has 0 N–H and O–H groups in total. The number of pyridine rings is 1. The second-order valence-corrected chi connectivity index (χ2v) is 7.07. The van der Waals surface area contributed by atoms with E-state index < -0.39 is 5.60 Å². The molecule has 23 heavy (non-hydrogen) atoms. The number of hydrogen-bond donors (Lipinski definition) is 0. The van der Waals surface area contributed by atoms with Crippen LogP contribution in [0.15, 0.2) is 12.1 Å². The maximum Gasteiger partial charge on any atom is 0.410 e. The fourth-order valence-electron chi connectivity index (χ4n) is 2.63. The Morgan fingerprint density at radius 2 is 1.96 bits per heavy atom. The summed E-state index contributed by atoms with van der Waals surface area (Å²) in [6.07, 6.45) is 2.45. The SMILES string of the molecule is CCc1cc(OC2CCN(C(=O)OC(C)(C)C)CC2)cc(C)n1. The number of piperidine rings is 1. The molecule has 128 valence electrons. The molecule has 0 radical (unpaired) electrons. The third-order valence-corrected chi connectivity index (χ3v) is 3.74. The topological polar surface area (TPSA) is 51.7 Å². The Bertz CT molecular complexity index is 544. The number of aryl methyl sites for hydroxylation is 2. The quantitative estimate of drug-likeness (QED) is 0.851. The van der Waals surface area contributed by atoms with Crippen LogP contribution in [0.25, 0.3) is 0 Å². The van der Waals surface area contributed by atoms with Crippen LogP contribution in [0.3, 0.4) is 0 Å². The second-order valence-electron chi connectivity index (χ2n) is 7.07. The average Bonchev–Trinajstić information content (AvgIpc) is 2.45. The summed E-state index contributed by atoms with van der Waals surface area (Å²) in [5, 5.41) is 0. The predicted octanol–water partition coefficient (Wildman–Crippen LogP) is 3.73. The van der Waals surface area contributed by atoms with Crippen molar-refractivity contribution in [3.63, 3.8) is 0 Å². The van der Waals surface area contributed by atoms with Crippen LogP contribution in [0.4, 0.5) is 4.79 Å². The van der Waals surface area contributed by atoms with E-state index in [2.05, 4.69) is 11.9 Å². The van der Waals surface area contributed by atoms with Crippen molar-refractivity contribution in [2.45, 2.75) is 65.6 Å². The molecule has 0 unspecified atom stereocenters. The Balaban J connectivity index is 1.87. The van der Waals surface area contributed by atoms with Crippen molar-refractivity contribution >= 4 is 6.09 Å². The van der Waals surface area contributed by atoms with E-state index >= 15 is 0 Å². The Hall–Kier alpha value is -1.78. The molecule has 2 heterocycles. The van der Waals surface area contributed by atoms with Crippen molar-refractivity contribution in [3.8, 4) is 5.75 Å². The van der Waals surface area contributed by atoms with Gasteiger partial charge >= 0.3 is 6.09 Å². The highest BCUT2D eigenvalue weighted by Crippen LogP contribution is 2.22. The minimum absolute atomic E-state index is 0.139. The Morgan fingerprint density at radius 3 is 2.52 bits per heavy atom. The molecule has 1 aliphatic rings. The van der Waals surface area contributed by atoms with E-state index in [1.807, 2.05) is 39.8 Å². The van der Waals surface area contributed by atoms with E-state index in [1.165, 1.54) is 0 Å². The molecular weight excluding hydrogens is 292 g/mol. The molecule has 1 amide bonds. The fraction of sp³-hybridized carbons (Fsp3) is 0.667. The van der Waals surface area contributed by atoms with E-state index in [4.69, 9.17) is 9.47 Å². The molecule has 1 aliphatic heterocycles. The van der Waals surface area contributed by atoms with Crippen LogP contribution in [0.2, 0.25) is 0 Å². The maximum absolute atomic E-state index is 12.1. The molecule has 2 rings (SSSR count). The first-order valence-electron chi connectivity index (χ1n) is 8.39. The van der Waals surface area contributed by atoms with E-state index in [0.717, 1.165) is 36.4 Å². The fourth-order valence-corrected chi connectivity index (χ4v) is 2.63. The molecule has 5 heteroatoms. The van der Waals surface area contributed by atoms with Crippen LogP contribution in [-0.2, 0) is 11.2 Å².